The number of furan rings is 3. The zero-order chi connectivity index (χ0) is 31.5. The summed E-state index contributed by atoms with van der Waals surface area (Å²) >= 11 is 1.83. The Kier molecular flexibility index (Phi) is 5.25. The first-order chi connectivity index (χ1) is 23.7. The standard InChI is InChI=1S/C44H26O3S/c1-24-8-6-9-25(18-24)43(30-12-7-15-37-44(30)29-11-3-5-14-36(29)45-37)26-16-17-28-32-23-42-34(21-40(32)47-38(28)19-26)33-20-39-31(22-41(33)48-42)27-10-2-4-13-35(27)46-39/h2-23,43H,1H3. The van der Waals surface area contributed by atoms with E-state index in [-0.39, 0.29) is 5.92 Å². The quantitative estimate of drug-likeness (QED) is 0.182. The second-order valence-electron chi connectivity index (χ2n) is 12.9. The highest BCUT2D eigenvalue weighted by atomic mass is 32.1. The van der Waals surface area contributed by atoms with Crippen molar-refractivity contribution >= 4 is 97.3 Å². The van der Waals surface area contributed by atoms with Gasteiger partial charge in [0.25, 0.3) is 0 Å². The van der Waals surface area contributed by atoms with Crippen LogP contribution in [-0.4, -0.2) is 0 Å². The molecule has 0 aliphatic rings. The molecule has 0 bridgehead atoms. The highest BCUT2D eigenvalue weighted by Gasteiger charge is 2.24. The highest BCUT2D eigenvalue weighted by molar-refractivity contribution is 7.26. The van der Waals surface area contributed by atoms with Crippen molar-refractivity contribution in [2.75, 3.05) is 0 Å². The van der Waals surface area contributed by atoms with Crippen LogP contribution in [0.3, 0.4) is 0 Å². The summed E-state index contributed by atoms with van der Waals surface area (Å²) in [5.74, 6) is -0.00845. The van der Waals surface area contributed by atoms with Crippen LogP contribution in [0.4, 0.5) is 0 Å². The lowest BCUT2D eigenvalue weighted by molar-refractivity contribution is 0.668. The molecule has 0 fully saturated rings. The molecule has 1 atom stereocenters. The van der Waals surface area contributed by atoms with Crippen LogP contribution < -0.4 is 0 Å². The second-order valence-corrected chi connectivity index (χ2v) is 14.0. The molecule has 3 nitrogen and oxygen atoms in total. The first-order valence-corrected chi connectivity index (χ1v) is 17.1. The summed E-state index contributed by atoms with van der Waals surface area (Å²) in [6, 6.07) is 47.6. The minimum atomic E-state index is -0.00845. The van der Waals surface area contributed by atoms with Crippen LogP contribution in [0.25, 0.3) is 86.0 Å². The molecule has 48 heavy (non-hydrogen) atoms. The van der Waals surface area contributed by atoms with Gasteiger partial charge >= 0.3 is 0 Å². The van der Waals surface area contributed by atoms with Crippen molar-refractivity contribution in [2.45, 2.75) is 12.8 Å². The maximum atomic E-state index is 6.71. The molecule has 11 aromatic rings. The number of rotatable bonds is 3. The van der Waals surface area contributed by atoms with E-state index in [1.54, 1.807) is 0 Å². The van der Waals surface area contributed by atoms with Crippen LogP contribution in [0.15, 0.2) is 147 Å². The Bertz CT molecular complexity index is 3090. The average Bonchev–Trinajstić information content (AvgIpc) is 3.86. The minimum Gasteiger partial charge on any atom is -0.456 e. The zero-order valence-corrected chi connectivity index (χ0v) is 26.7. The topological polar surface area (TPSA) is 39.4 Å². The van der Waals surface area contributed by atoms with Crippen LogP contribution in [0.2, 0.25) is 0 Å². The second kappa shape index (κ2) is 9.60. The van der Waals surface area contributed by atoms with Gasteiger partial charge in [-0.1, -0.05) is 90.5 Å². The molecule has 0 radical (unpaired) electrons. The van der Waals surface area contributed by atoms with Gasteiger partial charge in [0.1, 0.15) is 33.5 Å². The Labute approximate surface area is 278 Å². The van der Waals surface area contributed by atoms with Crippen LogP contribution >= 0.6 is 11.3 Å². The number of para-hydroxylation sites is 2. The van der Waals surface area contributed by atoms with Gasteiger partial charge < -0.3 is 13.3 Å². The molecular weight excluding hydrogens is 609 g/mol. The smallest absolute Gasteiger partial charge is 0.136 e. The van der Waals surface area contributed by atoms with Crippen LogP contribution in [0, 0.1) is 6.92 Å². The SMILES string of the molecule is Cc1cccc(C(c2ccc3c(c2)oc2cc4c(cc23)sc2cc3c(cc24)oc2ccccc23)c2cccc3oc4ccccc4c23)c1. The first-order valence-electron chi connectivity index (χ1n) is 16.3. The minimum absolute atomic E-state index is 0.00845. The van der Waals surface area contributed by atoms with E-state index in [0.717, 1.165) is 65.8 Å². The van der Waals surface area contributed by atoms with Gasteiger partial charge in [-0.25, -0.2) is 0 Å². The molecule has 0 saturated heterocycles. The Morgan fingerprint density at radius 1 is 0.417 bits per heavy atom. The fourth-order valence-electron chi connectivity index (χ4n) is 7.90. The summed E-state index contributed by atoms with van der Waals surface area (Å²) in [6.45, 7) is 2.16. The van der Waals surface area contributed by atoms with E-state index in [9.17, 15) is 0 Å². The van der Waals surface area contributed by atoms with Crippen LogP contribution in [-0.2, 0) is 0 Å². The third-order valence-corrected chi connectivity index (χ3v) is 11.2. The molecule has 0 amide bonds. The normalized spacial score (nSPS) is 13.0. The lowest BCUT2D eigenvalue weighted by atomic mass is 9.82. The van der Waals surface area contributed by atoms with E-state index in [2.05, 4.69) is 122 Å². The summed E-state index contributed by atoms with van der Waals surface area (Å²) in [5, 5.41) is 9.28. The monoisotopic (exact) mass is 634 g/mol. The van der Waals surface area contributed by atoms with Gasteiger partial charge in [-0.15, -0.1) is 11.3 Å². The van der Waals surface area contributed by atoms with E-state index in [0.29, 0.717) is 0 Å². The molecule has 0 saturated carbocycles. The van der Waals surface area contributed by atoms with Crippen molar-refractivity contribution in [2.24, 2.45) is 0 Å². The molecule has 7 aromatic carbocycles. The third kappa shape index (κ3) is 3.69. The van der Waals surface area contributed by atoms with Crippen molar-refractivity contribution in [1.82, 2.24) is 0 Å². The fraction of sp³-hybridized carbons (Fsp3) is 0.0455. The molecule has 226 valence electrons. The maximum Gasteiger partial charge on any atom is 0.136 e. The van der Waals surface area contributed by atoms with Crippen LogP contribution in [0.1, 0.15) is 28.2 Å². The van der Waals surface area contributed by atoms with Gasteiger partial charge in [0.15, 0.2) is 0 Å². The lowest BCUT2D eigenvalue weighted by Gasteiger charge is -2.20. The Balaban J connectivity index is 1.12. The number of thiophene rings is 1. The third-order valence-electron chi connectivity index (χ3n) is 10.0. The summed E-state index contributed by atoms with van der Waals surface area (Å²) in [5.41, 5.74) is 10.3. The van der Waals surface area contributed by atoms with Gasteiger partial charge in [-0.05, 0) is 72.1 Å². The number of aryl methyl sites for hydroxylation is 1. The van der Waals surface area contributed by atoms with Crippen molar-refractivity contribution in [3.8, 4) is 0 Å². The molecule has 11 rings (SSSR count). The number of fused-ring (bicyclic) bond motifs is 12. The average molecular weight is 635 g/mol. The predicted molar refractivity (Wildman–Crippen MR) is 200 cm³/mol. The molecule has 0 aliphatic heterocycles. The van der Waals surface area contributed by atoms with Crippen molar-refractivity contribution < 1.29 is 13.3 Å². The molecule has 4 heteroatoms. The van der Waals surface area contributed by atoms with E-state index in [1.165, 1.54) is 42.4 Å². The Morgan fingerprint density at radius 3 is 1.77 bits per heavy atom. The molecule has 4 aromatic heterocycles. The van der Waals surface area contributed by atoms with Gasteiger partial charge in [0.05, 0.1) is 0 Å². The molecule has 4 heterocycles. The van der Waals surface area contributed by atoms with E-state index < -0.39 is 0 Å². The fourth-order valence-corrected chi connectivity index (χ4v) is 9.05. The maximum absolute atomic E-state index is 6.71. The lowest BCUT2D eigenvalue weighted by Crippen LogP contribution is -2.04. The Morgan fingerprint density at radius 2 is 1.00 bits per heavy atom. The molecular formula is C44H26O3S. The van der Waals surface area contributed by atoms with Crippen molar-refractivity contribution in [3.63, 3.8) is 0 Å². The summed E-state index contributed by atoms with van der Waals surface area (Å²) in [7, 11) is 0. The van der Waals surface area contributed by atoms with E-state index >= 15 is 0 Å². The van der Waals surface area contributed by atoms with E-state index in [4.69, 9.17) is 13.3 Å². The molecule has 1 unspecified atom stereocenters. The van der Waals surface area contributed by atoms with Crippen molar-refractivity contribution in [1.29, 1.82) is 0 Å². The van der Waals surface area contributed by atoms with Gasteiger partial charge in [-0.3, -0.25) is 0 Å². The van der Waals surface area contributed by atoms with Gasteiger partial charge in [0, 0.05) is 58.4 Å². The number of benzene rings is 7. The zero-order valence-electron chi connectivity index (χ0n) is 25.9. The largest absolute Gasteiger partial charge is 0.456 e. The summed E-state index contributed by atoms with van der Waals surface area (Å²) < 4.78 is 21.8. The van der Waals surface area contributed by atoms with Crippen LogP contribution in [0.5, 0.6) is 0 Å². The predicted octanol–water partition coefficient (Wildman–Crippen LogP) is 13.2. The highest BCUT2D eigenvalue weighted by Crippen LogP contribution is 2.45. The van der Waals surface area contributed by atoms with Gasteiger partial charge in [0.2, 0.25) is 0 Å². The number of hydrogen-bond donors (Lipinski definition) is 0. The summed E-state index contributed by atoms with van der Waals surface area (Å²) in [4.78, 5) is 0. The van der Waals surface area contributed by atoms with Crippen molar-refractivity contribution in [3.05, 3.63) is 156 Å². The van der Waals surface area contributed by atoms with E-state index in [1.807, 2.05) is 29.5 Å². The first kappa shape index (κ1) is 26.3. The summed E-state index contributed by atoms with van der Waals surface area (Å²) in [6.07, 6.45) is 0. The molecule has 0 N–H and O–H groups in total. The van der Waals surface area contributed by atoms with Gasteiger partial charge in [-0.2, -0.15) is 0 Å². The Hall–Kier alpha value is -5.84. The molecule has 0 aliphatic carbocycles. The molecule has 0 spiro atoms. The number of hydrogen-bond acceptors (Lipinski definition) is 4.